The summed E-state index contributed by atoms with van der Waals surface area (Å²) in [5.74, 6) is 0.497. The summed E-state index contributed by atoms with van der Waals surface area (Å²) in [6, 6.07) is 0.226. The van der Waals surface area contributed by atoms with E-state index < -0.39 is 0 Å². The fourth-order valence-electron chi connectivity index (χ4n) is 2.58. The first-order chi connectivity index (χ1) is 9.17. The van der Waals surface area contributed by atoms with Crippen LogP contribution >= 0.6 is 11.5 Å². The van der Waals surface area contributed by atoms with E-state index in [0.29, 0.717) is 10.8 Å². The molecule has 0 saturated carbocycles. The number of nitrogens with two attached hydrogens (primary N) is 1. The van der Waals surface area contributed by atoms with Gasteiger partial charge in [-0.3, -0.25) is 4.79 Å². The number of amides is 1. The zero-order valence-corrected chi connectivity index (χ0v) is 12.4. The van der Waals surface area contributed by atoms with Gasteiger partial charge in [0, 0.05) is 19.1 Å². The van der Waals surface area contributed by atoms with E-state index in [1.807, 2.05) is 4.90 Å². The fourth-order valence-corrected chi connectivity index (χ4v) is 3.26. The second-order valence-electron chi connectivity index (χ2n) is 5.17. The molecule has 6 heteroatoms. The van der Waals surface area contributed by atoms with Crippen LogP contribution in [0.4, 0.5) is 0 Å². The van der Waals surface area contributed by atoms with E-state index in [4.69, 9.17) is 5.73 Å². The highest BCUT2D eigenvalue weighted by molar-refractivity contribution is 7.08. The van der Waals surface area contributed by atoms with Gasteiger partial charge in [0.25, 0.3) is 5.91 Å². The first-order valence-corrected chi connectivity index (χ1v) is 7.80. The number of aryl methyl sites for hydroxylation is 1. The molecule has 5 nitrogen and oxygen atoms in total. The summed E-state index contributed by atoms with van der Waals surface area (Å²) in [6.07, 6.45) is 3.71. The van der Waals surface area contributed by atoms with Crippen LogP contribution in [0, 0.1) is 5.92 Å². The van der Waals surface area contributed by atoms with Crippen molar-refractivity contribution in [3.05, 3.63) is 10.6 Å². The summed E-state index contributed by atoms with van der Waals surface area (Å²) in [6.45, 7) is 5.73. The maximum atomic E-state index is 12.5. The molecule has 0 spiro atoms. The van der Waals surface area contributed by atoms with Crippen molar-refractivity contribution in [3.63, 3.8) is 0 Å². The lowest BCUT2D eigenvalue weighted by molar-refractivity contribution is 0.0652. The van der Waals surface area contributed by atoms with Crippen LogP contribution < -0.4 is 5.73 Å². The van der Waals surface area contributed by atoms with Crippen LogP contribution in [0.1, 0.15) is 48.5 Å². The van der Waals surface area contributed by atoms with Crippen molar-refractivity contribution >= 4 is 17.4 Å². The van der Waals surface area contributed by atoms with Crippen LogP contribution in [0.2, 0.25) is 0 Å². The van der Waals surface area contributed by atoms with E-state index in [0.717, 1.165) is 44.5 Å². The van der Waals surface area contributed by atoms with E-state index in [1.54, 1.807) is 0 Å². The molecule has 1 fully saturated rings. The van der Waals surface area contributed by atoms with Gasteiger partial charge in [0.2, 0.25) is 0 Å². The molecule has 2 rings (SSSR count). The quantitative estimate of drug-likeness (QED) is 0.912. The van der Waals surface area contributed by atoms with Crippen LogP contribution in [0.25, 0.3) is 0 Å². The van der Waals surface area contributed by atoms with Crippen molar-refractivity contribution in [2.75, 3.05) is 13.1 Å². The minimum atomic E-state index is 0.0869. The third-order valence-electron chi connectivity index (χ3n) is 3.84. The number of hydrogen-bond donors (Lipinski definition) is 1. The normalized spacial score (nSPS) is 23.6. The van der Waals surface area contributed by atoms with Crippen LogP contribution in [0.5, 0.6) is 0 Å². The van der Waals surface area contributed by atoms with Gasteiger partial charge in [0.1, 0.15) is 4.88 Å². The van der Waals surface area contributed by atoms with Gasteiger partial charge in [0.15, 0.2) is 0 Å². The van der Waals surface area contributed by atoms with Crippen molar-refractivity contribution in [1.82, 2.24) is 14.5 Å². The average Bonchev–Trinajstić information content (AvgIpc) is 2.87. The summed E-state index contributed by atoms with van der Waals surface area (Å²) >= 11 is 1.22. The van der Waals surface area contributed by atoms with Gasteiger partial charge in [0.05, 0.1) is 5.69 Å². The summed E-state index contributed by atoms with van der Waals surface area (Å²) in [5, 5.41) is 4.07. The number of likely N-dealkylation sites (tertiary alicyclic amines) is 1. The third-order valence-corrected chi connectivity index (χ3v) is 4.60. The zero-order chi connectivity index (χ0) is 13.8. The first-order valence-electron chi connectivity index (χ1n) is 7.03. The Kier molecular flexibility index (Phi) is 4.87. The number of hydrogen-bond acceptors (Lipinski definition) is 5. The summed E-state index contributed by atoms with van der Waals surface area (Å²) in [7, 11) is 0. The van der Waals surface area contributed by atoms with E-state index in [1.165, 1.54) is 11.5 Å². The molecule has 2 heterocycles. The molecule has 0 aromatic carbocycles. The van der Waals surface area contributed by atoms with Gasteiger partial charge >= 0.3 is 0 Å². The highest BCUT2D eigenvalue weighted by atomic mass is 32.1. The van der Waals surface area contributed by atoms with Gasteiger partial charge in [-0.2, -0.15) is 0 Å². The molecule has 0 aliphatic carbocycles. The SMILES string of the molecule is CCCc1nnsc1C(=O)N1CCC(N)C(CC)C1. The third kappa shape index (κ3) is 3.12. The standard InChI is InChI=1S/C13H22N4OS/c1-3-5-11-12(19-16-15-11)13(18)17-7-6-10(14)9(4-2)8-17/h9-10H,3-8,14H2,1-2H3. The molecule has 1 aliphatic rings. The molecule has 106 valence electrons. The maximum absolute atomic E-state index is 12.5. The molecule has 1 aromatic heterocycles. The summed E-state index contributed by atoms with van der Waals surface area (Å²) < 4.78 is 3.93. The molecule has 0 radical (unpaired) electrons. The van der Waals surface area contributed by atoms with Crippen molar-refractivity contribution in [1.29, 1.82) is 0 Å². The van der Waals surface area contributed by atoms with Gasteiger partial charge < -0.3 is 10.6 Å². The van der Waals surface area contributed by atoms with Crippen LogP contribution in [-0.2, 0) is 6.42 Å². The van der Waals surface area contributed by atoms with E-state index >= 15 is 0 Å². The van der Waals surface area contributed by atoms with E-state index in [-0.39, 0.29) is 11.9 Å². The number of aromatic nitrogens is 2. The molecule has 1 aliphatic heterocycles. The highest BCUT2D eigenvalue weighted by Gasteiger charge is 2.30. The van der Waals surface area contributed by atoms with Gasteiger partial charge in [-0.05, 0) is 30.3 Å². The van der Waals surface area contributed by atoms with E-state index in [9.17, 15) is 4.79 Å². The van der Waals surface area contributed by atoms with E-state index in [2.05, 4.69) is 23.4 Å². The lowest BCUT2D eigenvalue weighted by atomic mass is 9.90. The van der Waals surface area contributed by atoms with Gasteiger partial charge in [-0.15, -0.1) is 5.10 Å². The Hall–Kier alpha value is -1.01. The highest BCUT2D eigenvalue weighted by Crippen LogP contribution is 2.22. The topological polar surface area (TPSA) is 72.1 Å². The Bertz CT molecular complexity index is 434. The van der Waals surface area contributed by atoms with Crippen molar-refractivity contribution in [2.24, 2.45) is 11.7 Å². The minimum Gasteiger partial charge on any atom is -0.337 e. The fraction of sp³-hybridized carbons (Fsp3) is 0.769. The lowest BCUT2D eigenvalue weighted by Crippen LogP contribution is -2.49. The number of nitrogens with zero attached hydrogens (tertiary/aromatic N) is 3. The van der Waals surface area contributed by atoms with Crippen LogP contribution in [-0.4, -0.2) is 39.5 Å². The second-order valence-corrected chi connectivity index (χ2v) is 5.92. The number of carbonyl (C=O) groups is 1. The Labute approximate surface area is 118 Å². The zero-order valence-electron chi connectivity index (χ0n) is 11.6. The Balaban J connectivity index is 2.09. The number of piperidine rings is 1. The largest absolute Gasteiger partial charge is 0.337 e. The Morgan fingerprint density at radius 1 is 1.53 bits per heavy atom. The smallest absolute Gasteiger partial charge is 0.267 e. The van der Waals surface area contributed by atoms with Crippen LogP contribution in [0.3, 0.4) is 0 Å². The first kappa shape index (κ1) is 14.4. The van der Waals surface area contributed by atoms with Crippen molar-refractivity contribution in [3.8, 4) is 0 Å². The molecule has 2 atom stereocenters. The molecular formula is C13H22N4OS. The van der Waals surface area contributed by atoms with Gasteiger partial charge in [-0.25, -0.2) is 0 Å². The number of rotatable bonds is 4. The second kappa shape index (κ2) is 6.43. The molecule has 1 saturated heterocycles. The predicted molar refractivity (Wildman–Crippen MR) is 76.2 cm³/mol. The Morgan fingerprint density at radius 3 is 3.00 bits per heavy atom. The summed E-state index contributed by atoms with van der Waals surface area (Å²) in [5.41, 5.74) is 6.94. The van der Waals surface area contributed by atoms with Crippen molar-refractivity contribution < 1.29 is 4.79 Å². The molecule has 19 heavy (non-hydrogen) atoms. The molecule has 1 aromatic rings. The minimum absolute atomic E-state index is 0.0869. The maximum Gasteiger partial charge on any atom is 0.267 e. The van der Waals surface area contributed by atoms with Crippen LogP contribution in [0.15, 0.2) is 0 Å². The van der Waals surface area contributed by atoms with Crippen molar-refractivity contribution in [2.45, 2.75) is 45.6 Å². The van der Waals surface area contributed by atoms with Gasteiger partial charge in [-0.1, -0.05) is 31.2 Å². The Morgan fingerprint density at radius 2 is 2.32 bits per heavy atom. The monoisotopic (exact) mass is 282 g/mol. The lowest BCUT2D eigenvalue weighted by Gasteiger charge is -2.36. The molecule has 0 bridgehead atoms. The average molecular weight is 282 g/mol. The molecule has 1 amide bonds. The predicted octanol–water partition coefficient (Wildman–Crippen LogP) is 1.69. The summed E-state index contributed by atoms with van der Waals surface area (Å²) in [4.78, 5) is 15.2. The molecular weight excluding hydrogens is 260 g/mol. The number of carbonyl (C=O) groups excluding carboxylic acids is 1. The molecule has 2 N–H and O–H groups in total. The molecule has 2 unspecified atom stereocenters.